The summed E-state index contributed by atoms with van der Waals surface area (Å²) in [5.41, 5.74) is 4.49. The first kappa shape index (κ1) is 21.8. The Morgan fingerprint density at radius 1 is 0.871 bits per heavy atom. The first-order chi connectivity index (χ1) is 15.2. The number of halogens is 1. The molecule has 0 N–H and O–H groups in total. The molecule has 1 aliphatic carbocycles. The van der Waals surface area contributed by atoms with Crippen LogP contribution in [-0.4, -0.2) is 0 Å². The lowest BCUT2D eigenvalue weighted by atomic mass is 9.77. The fraction of sp³-hybridized carbons (Fsp3) is 0.400. The summed E-state index contributed by atoms with van der Waals surface area (Å²) in [5, 5.41) is 1.64. The lowest BCUT2D eigenvalue weighted by molar-refractivity contribution is 0.303. The average molecular weight is 415 g/mol. The zero-order chi connectivity index (χ0) is 21.6. The molecule has 31 heavy (non-hydrogen) atoms. The molecule has 3 aromatic rings. The molecule has 1 fully saturated rings. The van der Waals surface area contributed by atoms with Gasteiger partial charge < -0.3 is 0 Å². The number of hydrogen-bond acceptors (Lipinski definition) is 0. The van der Waals surface area contributed by atoms with Crippen LogP contribution in [0, 0.1) is 11.7 Å². The maximum absolute atomic E-state index is 14.7. The van der Waals surface area contributed by atoms with Crippen LogP contribution in [0.15, 0.2) is 60.7 Å². The largest absolute Gasteiger partial charge is 0.206 e. The highest BCUT2D eigenvalue weighted by molar-refractivity contribution is 5.89. The Morgan fingerprint density at radius 3 is 2.32 bits per heavy atom. The molecule has 0 spiro atoms. The highest BCUT2D eigenvalue weighted by Crippen LogP contribution is 2.38. The molecule has 0 amide bonds. The van der Waals surface area contributed by atoms with Crippen LogP contribution in [0.3, 0.4) is 0 Å². The molecule has 0 aromatic heterocycles. The number of hydrogen-bond donors (Lipinski definition) is 0. The van der Waals surface area contributed by atoms with Crippen molar-refractivity contribution >= 4 is 16.8 Å². The van der Waals surface area contributed by atoms with Gasteiger partial charge in [-0.15, -0.1) is 0 Å². The van der Waals surface area contributed by atoms with Crippen molar-refractivity contribution in [3.8, 4) is 11.1 Å². The molecule has 4 rings (SSSR count). The van der Waals surface area contributed by atoms with Gasteiger partial charge in [-0.25, -0.2) is 4.39 Å². The van der Waals surface area contributed by atoms with E-state index >= 15 is 0 Å². The summed E-state index contributed by atoms with van der Waals surface area (Å²) in [7, 11) is 0. The minimum Gasteiger partial charge on any atom is -0.206 e. The molecule has 162 valence electrons. The normalized spacial score (nSPS) is 19.3. The topological polar surface area (TPSA) is 0 Å². The maximum atomic E-state index is 14.7. The fourth-order valence-electron chi connectivity index (χ4n) is 5.21. The monoisotopic (exact) mass is 414 g/mol. The van der Waals surface area contributed by atoms with Crippen LogP contribution in [0.2, 0.25) is 0 Å². The summed E-state index contributed by atoms with van der Waals surface area (Å²) in [6, 6.07) is 19.1. The Balaban J connectivity index is 1.45. The molecule has 0 bridgehead atoms. The molecule has 0 aliphatic heterocycles. The average Bonchev–Trinajstić information content (AvgIpc) is 2.82. The maximum Gasteiger partial charge on any atom is 0.138 e. The molecular weight excluding hydrogens is 379 g/mol. The summed E-state index contributed by atoms with van der Waals surface area (Å²) in [5.74, 6) is 1.53. The van der Waals surface area contributed by atoms with Crippen molar-refractivity contribution in [3.63, 3.8) is 0 Å². The zero-order valence-electron chi connectivity index (χ0n) is 19.0. The summed E-state index contributed by atoms with van der Waals surface area (Å²) in [6.07, 6.45) is 14.7. The van der Waals surface area contributed by atoms with Crippen molar-refractivity contribution in [1.82, 2.24) is 0 Å². The molecule has 0 nitrogen and oxygen atoms in total. The van der Waals surface area contributed by atoms with Crippen LogP contribution >= 0.6 is 0 Å². The molecule has 3 aromatic carbocycles. The minimum atomic E-state index is -0.136. The quantitative estimate of drug-likeness (QED) is 0.338. The van der Waals surface area contributed by atoms with E-state index in [4.69, 9.17) is 0 Å². The summed E-state index contributed by atoms with van der Waals surface area (Å²) >= 11 is 0. The molecule has 0 saturated heterocycles. The molecule has 0 radical (unpaired) electrons. The third kappa shape index (κ3) is 5.09. The second-order valence-corrected chi connectivity index (χ2v) is 9.24. The van der Waals surface area contributed by atoms with Gasteiger partial charge in [0.25, 0.3) is 0 Å². The number of benzene rings is 3. The molecule has 1 heteroatoms. The first-order valence-electron chi connectivity index (χ1n) is 12.1. The number of unbranched alkanes of at least 4 members (excludes halogenated alkanes) is 2. The van der Waals surface area contributed by atoms with Gasteiger partial charge in [0, 0.05) is 10.9 Å². The smallest absolute Gasteiger partial charge is 0.138 e. The van der Waals surface area contributed by atoms with E-state index < -0.39 is 0 Å². The summed E-state index contributed by atoms with van der Waals surface area (Å²) in [4.78, 5) is 0. The summed E-state index contributed by atoms with van der Waals surface area (Å²) in [6.45, 7) is 4.20. The van der Waals surface area contributed by atoms with E-state index in [1.54, 1.807) is 0 Å². The van der Waals surface area contributed by atoms with Gasteiger partial charge in [-0.2, -0.15) is 0 Å². The second kappa shape index (κ2) is 10.3. The lowest BCUT2D eigenvalue weighted by Crippen LogP contribution is -2.13. The zero-order valence-corrected chi connectivity index (χ0v) is 19.0. The highest BCUT2D eigenvalue weighted by atomic mass is 19.1. The molecule has 1 saturated carbocycles. The van der Waals surface area contributed by atoms with Gasteiger partial charge in [-0.3, -0.25) is 0 Å². The minimum absolute atomic E-state index is 0.136. The van der Waals surface area contributed by atoms with Crippen molar-refractivity contribution in [2.24, 2.45) is 5.92 Å². The van der Waals surface area contributed by atoms with E-state index in [2.05, 4.69) is 37.3 Å². The molecule has 0 unspecified atom stereocenters. The first-order valence-corrected chi connectivity index (χ1v) is 12.1. The van der Waals surface area contributed by atoms with E-state index in [1.807, 2.05) is 43.3 Å². The van der Waals surface area contributed by atoms with Gasteiger partial charge in [-0.1, -0.05) is 93.3 Å². The van der Waals surface area contributed by atoms with E-state index in [1.165, 1.54) is 62.5 Å². The third-order valence-corrected chi connectivity index (χ3v) is 7.11. The van der Waals surface area contributed by atoms with Gasteiger partial charge >= 0.3 is 0 Å². The van der Waals surface area contributed by atoms with Gasteiger partial charge in [0.2, 0.25) is 0 Å². The fourth-order valence-corrected chi connectivity index (χ4v) is 5.21. The van der Waals surface area contributed by atoms with Gasteiger partial charge in [-0.05, 0) is 72.6 Å². The van der Waals surface area contributed by atoms with E-state index in [9.17, 15) is 4.39 Å². The van der Waals surface area contributed by atoms with Crippen LogP contribution < -0.4 is 0 Å². The SMILES string of the molecule is C/C=C/c1ccc2cc(-c3ccc(C4CCC(CCCCC)CC4)cc3)ccc2c1F. The van der Waals surface area contributed by atoms with Crippen molar-refractivity contribution in [1.29, 1.82) is 0 Å². The standard InChI is InChI=1S/C30H35F/c1-3-5-6-8-22-9-11-23(12-10-22)24-13-15-25(16-14-24)27-19-20-29-28(21-27)18-17-26(7-4-2)30(29)31/h4,7,13-23H,3,5-6,8-12H2,1-2H3/b7-4+. The molecular formula is C30H35F. The van der Waals surface area contributed by atoms with Crippen molar-refractivity contribution in [2.45, 2.75) is 71.1 Å². The lowest BCUT2D eigenvalue weighted by Gasteiger charge is -2.29. The Labute approximate surface area is 187 Å². The predicted octanol–water partition coefficient (Wildman–Crippen LogP) is 9.53. The Morgan fingerprint density at radius 2 is 1.61 bits per heavy atom. The van der Waals surface area contributed by atoms with E-state index in [0.717, 1.165) is 16.9 Å². The Hall–Kier alpha value is -2.41. The molecule has 1 aliphatic rings. The number of rotatable bonds is 7. The van der Waals surface area contributed by atoms with Crippen LogP contribution in [0.25, 0.3) is 28.0 Å². The van der Waals surface area contributed by atoms with Crippen LogP contribution in [0.1, 0.15) is 82.3 Å². The Bertz CT molecular complexity index is 1020. The number of allylic oxidation sites excluding steroid dienone is 1. The summed E-state index contributed by atoms with van der Waals surface area (Å²) < 4.78 is 14.7. The Kier molecular flexibility index (Phi) is 7.22. The van der Waals surface area contributed by atoms with Crippen LogP contribution in [-0.2, 0) is 0 Å². The van der Waals surface area contributed by atoms with Crippen molar-refractivity contribution < 1.29 is 4.39 Å². The van der Waals surface area contributed by atoms with E-state index in [-0.39, 0.29) is 5.82 Å². The third-order valence-electron chi connectivity index (χ3n) is 7.11. The molecule has 0 atom stereocenters. The molecule has 0 heterocycles. The van der Waals surface area contributed by atoms with E-state index in [0.29, 0.717) is 16.9 Å². The van der Waals surface area contributed by atoms with Gasteiger partial charge in [0.15, 0.2) is 0 Å². The highest BCUT2D eigenvalue weighted by Gasteiger charge is 2.22. The number of fused-ring (bicyclic) bond motifs is 1. The van der Waals surface area contributed by atoms with Gasteiger partial charge in [0.1, 0.15) is 5.82 Å². The second-order valence-electron chi connectivity index (χ2n) is 9.24. The van der Waals surface area contributed by atoms with Gasteiger partial charge in [0.05, 0.1) is 0 Å². The van der Waals surface area contributed by atoms with Crippen molar-refractivity contribution in [2.75, 3.05) is 0 Å². The van der Waals surface area contributed by atoms with Crippen LogP contribution in [0.4, 0.5) is 4.39 Å². The van der Waals surface area contributed by atoms with Crippen molar-refractivity contribution in [3.05, 3.63) is 77.6 Å². The van der Waals surface area contributed by atoms with Crippen LogP contribution in [0.5, 0.6) is 0 Å². The predicted molar refractivity (Wildman–Crippen MR) is 133 cm³/mol.